The summed E-state index contributed by atoms with van der Waals surface area (Å²) >= 11 is 0. The highest BCUT2D eigenvalue weighted by Crippen LogP contribution is 2.33. The predicted molar refractivity (Wildman–Crippen MR) is 145 cm³/mol. The van der Waals surface area contributed by atoms with Crippen molar-refractivity contribution in [2.75, 3.05) is 0 Å². The van der Waals surface area contributed by atoms with E-state index in [0.29, 0.717) is 29.0 Å². The summed E-state index contributed by atoms with van der Waals surface area (Å²) in [7, 11) is 0. The number of aromatic nitrogens is 3. The predicted octanol–water partition coefficient (Wildman–Crippen LogP) is 4.01. The van der Waals surface area contributed by atoms with Gasteiger partial charge in [0.1, 0.15) is 16.9 Å². The van der Waals surface area contributed by atoms with Crippen LogP contribution in [-0.2, 0) is 11.2 Å². The first-order valence-corrected chi connectivity index (χ1v) is 12.1. The van der Waals surface area contributed by atoms with Crippen molar-refractivity contribution in [3.8, 4) is 16.8 Å². The number of allylic oxidation sites excluding steroid dienone is 2. The van der Waals surface area contributed by atoms with Gasteiger partial charge in [0, 0.05) is 23.4 Å². The molecule has 3 aromatic carbocycles. The van der Waals surface area contributed by atoms with Gasteiger partial charge in [-0.2, -0.15) is 0 Å². The van der Waals surface area contributed by atoms with E-state index in [2.05, 4.69) is 27.8 Å². The van der Waals surface area contributed by atoms with Gasteiger partial charge in [0.2, 0.25) is 5.91 Å². The first-order valence-electron chi connectivity index (χ1n) is 12.1. The number of para-hydroxylation sites is 1. The van der Waals surface area contributed by atoms with Gasteiger partial charge in [-0.15, -0.1) is 5.10 Å². The van der Waals surface area contributed by atoms with Crippen molar-refractivity contribution < 1.29 is 9.21 Å². The van der Waals surface area contributed by atoms with Gasteiger partial charge >= 0.3 is 5.63 Å². The average Bonchev–Trinajstić information content (AvgIpc) is 3.43. The molecule has 1 aliphatic heterocycles. The molecule has 0 saturated carbocycles. The number of carbonyl (C=O) groups is 1. The molecule has 1 aliphatic rings. The molecule has 0 fully saturated rings. The lowest BCUT2D eigenvalue weighted by atomic mass is 9.79. The van der Waals surface area contributed by atoms with Crippen LogP contribution in [0, 0.1) is 0 Å². The maximum atomic E-state index is 13.0. The Morgan fingerprint density at radius 3 is 2.53 bits per heavy atom. The second kappa shape index (κ2) is 9.33. The fourth-order valence-electron chi connectivity index (χ4n) is 4.81. The fourth-order valence-corrected chi connectivity index (χ4v) is 4.81. The molecule has 1 amide bonds. The van der Waals surface area contributed by atoms with Crippen LogP contribution < -0.4 is 16.7 Å². The first-order chi connectivity index (χ1) is 18.5. The van der Waals surface area contributed by atoms with Gasteiger partial charge in [0.05, 0.1) is 6.20 Å². The van der Waals surface area contributed by atoms with Crippen LogP contribution in [-0.4, -0.2) is 26.4 Å². The minimum Gasteiger partial charge on any atom is -0.420 e. The number of nitrogens with two attached hydrogens (primary N) is 1. The highest BCUT2D eigenvalue weighted by Gasteiger charge is 2.42. The third-order valence-corrected chi connectivity index (χ3v) is 6.74. The Kier molecular flexibility index (Phi) is 5.69. The summed E-state index contributed by atoms with van der Waals surface area (Å²) < 4.78 is 6.97. The fraction of sp³-hybridized carbons (Fsp3) is 0.0667. The van der Waals surface area contributed by atoms with Crippen LogP contribution in [0.5, 0.6) is 0 Å². The van der Waals surface area contributed by atoms with Gasteiger partial charge in [-0.25, -0.2) is 9.48 Å². The van der Waals surface area contributed by atoms with Gasteiger partial charge in [-0.05, 0) is 41.1 Å². The number of fused-ring (bicyclic) bond motifs is 1. The zero-order valence-corrected chi connectivity index (χ0v) is 20.2. The lowest BCUT2D eigenvalue weighted by molar-refractivity contribution is -0.122. The Hall–Kier alpha value is -5.24. The van der Waals surface area contributed by atoms with Crippen LogP contribution in [0.1, 0.15) is 11.3 Å². The zero-order valence-electron chi connectivity index (χ0n) is 20.2. The van der Waals surface area contributed by atoms with Crippen molar-refractivity contribution in [3.05, 3.63) is 131 Å². The summed E-state index contributed by atoms with van der Waals surface area (Å²) in [6, 6.07) is 26.7. The van der Waals surface area contributed by atoms with Crippen molar-refractivity contribution in [1.29, 1.82) is 0 Å². The van der Waals surface area contributed by atoms with E-state index >= 15 is 0 Å². The monoisotopic (exact) mass is 501 g/mol. The third-order valence-electron chi connectivity index (χ3n) is 6.74. The highest BCUT2D eigenvalue weighted by atomic mass is 16.4. The van der Waals surface area contributed by atoms with E-state index < -0.39 is 17.1 Å². The molecule has 1 atom stereocenters. The van der Waals surface area contributed by atoms with Crippen LogP contribution in [0.15, 0.2) is 119 Å². The zero-order chi connectivity index (χ0) is 26.1. The van der Waals surface area contributed by atoms with Gasteiger partial charge in [-0.1, -0.05) is 78.0 Å². The number of rotatable bonds is 6. The molecule has 3 heterocycles. The van der Waals surface area contributed by atoms with Crippen LogP contribution in [0.2, 0.25) is 0 Å². The Balaban J connectivity index is 1.36. The molecule has 1 unspecified atom stereocenters. The molecule has 0 aliphatic carbocycles. The summed E-state index contributed by atoms with van der Waals surface area (Å²) in [5, 5.41) is 12.6. The largest absolute Gasteiger partial charge is 0.420 e. The molecular weight excluding hydrogens is 478 g/mol. The number of hydrogen-bond acceptors (Lipinski definition) is 6. The van der Waals surface area contributed by atoms with Crippen molar-refractivity contribution in [3.63, 3.8) is 0 Å². The van der Waals surface area contributed by atoms with Gasteiger partial charge in [0.15, 0.2) is 5.58 Å². The van der Waals surface area contributed by atoms with Crippen molar-refractivity contribution in [2.45, 2.75) is 12.0 Å². The first kappa shape index (κ1) is 23.2. The van der Waals surface area contributed by atoms with Gasteiger partial charge in [0.25, 0.3) is 0 Å². The van der Waals surface area contributed by atoms with Crippen LogP contribution in [0.25, 0.3) is 33.4 Å². The third kappa shape index (κ3) is 4.08. The van der Waals surface area contributed by atoms with Crippen LogP contribution in [0.4, 0.5) is 0 Å². The lowest BCUT2D eigenvalue weighted by Crippen LogP contribution is -2.56. The van der Waals surface area contributed by atoms with E-state index in [4.69, 9.17) is 10.2 Å². The number of dihydropyridines is 1. The molecule has 0 saturated heterocycles. The number of hydrogen-bond donors (Lipinski definition) is 2. The van der Waals surface area contributed by atoms with E-state index in [0.717, 1.165) is 22.1 Å². The molecule has 38 heavy (non-hydrogen) atoms. The molecule has 2 aromatic heterocycles. The van der Waals surface area contributed by atoms with E-state index in [1.807, 2.05) is 60.7 Å². The topological polar surface area (TPSA) is 116 Å². The highest BCUT2D eigenvalue weighted by molar-refractivity contribution is 6.01. The van der Waals surface area contributed by atoms with Crippen LogP contribution >= 0.6 is 0 Å². The van der Waals surface area contributed by atoms with E-state index in [9.17, 15) is 9.59 Å². The molecule has 8 nitrogen and oxygen atoms in total. The maximum Gasteiger partial charge on any atom is 0.336 e. The molecule has 8 heteroatoms. The molecule has 3 N–H and O–H groups in total. The molecule has 6 rings (SSSR count). The second-order valence-electron chi connectivity index (χ2n) is 9.09. The molecule has 0 spiro atoms. The maximum absolute atomic E-state index is 13.0. The van der Waals surface area contributed by atoms with Gasteiger partial charge in [-0.3, -0.25) is 4.79 Å². The summed E-state index contributed by atoms with van der Waals surface area (Å²) in [4.78, 5) is 24.9. The SMILES string of the molecule is NC(=O)C1(Cc2ccc(-c3ccccc3)cc2)NC=CC=C1c1cn(-c2cccc3ccc(=O)oc23)nn1. The molecule has 0 radical (unpaired) electrons. The molecular formula is C30H23N5O3. The minimum absolute atomic E-state index is 0.309. The Morgan fingerprint density at radius 2 is 1.74 bits per heavy atom. The molecule has 5 aromatic rings. The van der Waals surface area contributed by atoms with Crippen molar-refractivity contribution >= 4 is 22.4 Å². The number of nitrogens with zero attached hydrogens (tertiary/aromatic N) is 3. The van der Waals surface area contributed by atoms with E-state index in [1.54, 1.807) is 30.6 Å². The quantitative estimate of drug-likeness (QED) is 0.340. The average molecular weight is 502 g/mol. The normalized spacial score (nSPS) is 16.7. The standard InChI is InChI=1S/C30H23N5O3/c31-29(37)30(18-20-11-13-22(14-12-20)21-6-2-1-3-7-21)24(9-5-17-32-30)25-19-35(34-33-25)26-10-4-8-23-15-16-27(36)38-28(23)26/h1-17,19,32H,18H2,(H2,31,37). The molecule has 186 valence electrons. The number of benzene rings is 3. The number of carbonyl (C=O) groups excluding carboxylic acids is 1. The van der Waals surface area contributed by atoms with Gasteiger partial charge < -0.3 is 15.5 Å². The summed E-state index contributed by atoms with van der Waals surface area (Å²) in [5.41, 5.74) is 9.47. The summed E-state index contributed by atoms with van der Waals surface area (Å²) in [5.74, 6) is -0.536. The van der Waals surface area contributed by atoms with Crippen molar-refractivity contribution in [2.24, 2.45) is 5.73 Å². The Morgan fingerprint density at radius 1 is 0.947 bits per heavy atom. The molecule has 0 bridgehead atoms. The van der Waals surface area contributed by atoms with E-state index in [-0.39, 0.29) is 0 Å². The van der Waals surface area contributed by atoms with Crippen molar-refractivity contribution in [1.82, 2.24) is 20.3 Å². The Labute approximate surface area is 217 Å². The number of nitrogens with one attached hydrogen (secondary N) is 1. The summed E-state index contributed by atoms with van der Waals surface area (Å²) in [6.07, 6.45) is 7.33. The number of amides is 1. The lowest BCUT2D eigenvalue weighted by Gasteiger charge is -2.35. The number of primary amides is 1. The minimum atomic E-state index is -1.24. The second-order valence-corrected chi connectivity index (χ2v) is 9.09. The van der Waals surface area contributed by atoms with Crippen LogP contribution in [0.3, 0.4) is 0 Å². The van der Waals surface area contributed by atoms with E-state index in [1.165, 1.54) is 10.7 Å². The summed E-state index contributed by atoms with van der Waals surface area (Å²) in [6.45, 7) is 0. The Bertz CT molecular complexity index is 1770. The smallest absolute Gasteiger partial charge is 0.336 e.